The zero-order valence-electron chi connectivity index (χ0n) is 19.4. The van der Waals surface area contributed by atoms with Crippen molar-refractivity contribution in [3.05, 3.63) is 102 Å². The molecule has 5 rings (SSSR count). The Kier molecular flexibility index (Phi) is 6.28. The third-order valence-electron chi connectivity index (χ3n) is 8.00. The quantitative estimate of drug-likeness (QED) is 0.471. The van der Waals surface area contributed by atoms with Crippen molar-refractivity contribution in [1.82, 2.24) is 4.90 Å². The molecule has 1 aliphatic carbocycles. The molecule has 2 N–H and O–H groups in total. The van der Waals surface area contributed by atoms with E-state index in [0.29, 0.717) is 32.5 Å². The van der Waals surface area contributed by atoms with Crippen molar-refractivity contribution in [3.63, 3.8) is 0 Å². The number of aliphatic hydroxyl groups is 1. The van der Waals surface area contributed by atoms with Crippen LogP contribution in [-0.2, 0) is 16.9 Å². The summed E-state index contributed by atoms with van der Waals surface area (Å²) >= 11 is 1.66. The first-order valence-corrected chi connectivity index (χ1v) is 13.1. The van der Waals surface area contributed by atoms with Gasteiger partial charge in [0.15, 0.2) is 0 Å². The molecule has 0 radical (unpaired) electrons. The molecule has 4 nitrogen and oxygen atoms in total. The van der Waals surface area contributed by atoms with E-state index < -0.39 is 22.9 Å². The molecule has 1 saturated heterocycles. The molecule has 0 amide bonds. The van der Waals surface area contributed by atoms with Gasteiger partial charge >= 0.3 is 5.97 Å². The number of fused-ring (bicyclic) bond motifs is 1. The highest BCUT2D eigenvalue weighted by Crippen LogP contribution is 2.61. The second-order valence-electron chi connectivity index (χ2n) is 9.71. The van der Waals surface area contributed by atoms with Crippen LogP contribution in [0.4, 0.5) is 0 Å². The lowest BCUT2D eigenvalue weighted by molar-refractivity contribution is -0.169. The van der Waals surface area contributed by atoms with E-state index in [2.05, 4.69) is 17.0 Å². The minimum absolute atomic E-state index is 0.150. The van der Waals surface area contributed by atoms with E-state index in [-0.39, 0.29) is 5.92 Å². The van der Waals surface area contributed by atoms with Crippen molar-refractivity contribution in [1.29, 1.82) is 0 Å². The van der Waals surface area contributed by atoms with Gasteiger partial charge in [-0.2, -0.15) is 0 Å². The monoisotopic (exact) mass is 473 g/mol. The highest BCUT2D eigenvalue weighted by molar-refractivity contribution is 7.98. The number of aliphatic carboxylic acids is 1. The van der Waals surface area contributed by atoms with Crippen molar-refractivity contribution in [2.24, 2.45) is 11.3 Å². The van der Waals surface area contributed by atoms with Gasteiger partial charge in [0.1, 0.15) is 0 Å². The van der Waals surface area contributed by atoms with E-state index in [1.165, 1.54) is 0 Å². The van der Waals surface area contributed by atoms with Gasteiger partial charge in [0, 0.05) is 36.4 Å². The summed E-state index contributed by atoms with van der Waals surface area (Å²) in [6, 6.07) is 28.2. The maximum absolute atomic E-state index is 13.2. The molecule has 2 aliphatic rings. The Hall–Kier alpha value is -2.60. The molecule has 4 unspecified atom stereocenters. The van der Waals surface area contributed by atoms with Gasteiger partial charge < -0.3 is 10.2 Å². The van der Waals surface area contributed by atoms with Crippen molar-refractivity contribution < 1.29 is 15.0 Å². The molecule has 4 atom stereocenters. The Morgan fingerprint density at radius 2 is 1.65 bits per heavy atom. The van der Waals surface area contributed by atoms with Crippen LogP contribution in [-0.4, -0.2) is 40.4 Å². The topological polar surface area (TPSA) is 60.8 Å². The summed E-state index contributed by atoms with van der Waals surface area (Å²) in [6.07, 6.45) is 3.21. The van der Waals surface area contributed by atoms with E-state index >= 15 is 0 Å². The Balaban J connectivity index is 1.59. The minimum atomic E-state index is -1.19. The molecule has 176 valence electrons. The summed E-state index contributed by atoms with van der Waals surface area (Å²) < 4.78 is 0. The average molecular weight is 474 g/mol. The summed E-state index contributed by atoms with van der Waals surface area (Å²) in [5.41, 5.74) is 0.781. The van der Waals surface area contributed by atoms with Gasteiger partial charge in [-0.15, -0.1) is 11.8 Å². The number of rotatable bonds is 6. The van der Waals surface area contributed by atoms with E-state index in [9.17, 15) is 15.0 Å². The first kappa shape index (κ1) is 23.2. The number of nitrogens with zero attached hydrogens (tertiary/aromatic N) is 1. The first-order chi connectivity index (χ1) is 16.5. The van der Waals surface area contributed by atoms with E-state index in [0.717, 1.165) is 21.6 Å². The average Bonchev–Trinajstić information content (AvgIpc) is 3.27. The zero-order chi connectivity index (χ0) is 23.8. The van der Waals surface area contributed by atoms with Gasteiger partial charge in [0.2, 0.25) is 0 Å². The Labute approximate surface area is 205 Å². The number of carboxylic acid groups (broad SMARTS) is 1. The molecule has 1 heterocycles. The summed E-state index contributed by atoms with van der Waals surface area (Å²) in [7, 11) is 0. The molecular formula is C29H31NO3S. The van der Waals surface area contributed by atoms with Crippen LogP contribution in [0, 0.1) is 11.3 Å². The van der Waals surface area contributed by atoms with Gasteiger partial charge in [-0.1, -0.05) is 72.8 Å². The summed E-state index contributed by atoms with van der Waals surface area (Å²) in [5, 5.41) is 23.1. The van der Waals surface area contributed by atoms with Crippen LogP contribution in [0.5, 0.6) is 0 Å². The van der Waals surface area contributed by atoms with E-state index in [4.69, 9.17) is 0 Å². The highest BCUT2D eigenvalue weighted by Gasteiger charge is 2.66. The second kappa shape index (κ2) is 9.21. The zero-order valence-corrected chi connectivity index (χ0v) is 20.2. The molecule has 0 bridgehead atoms. The number of thioether (sulfide) groups is 1. The molecule has 0 aromatic heterocycles. The Morgan fingerprint density at radius 1 is 1.00 bits per heavy atom. The summed E-state index contributed by atoms with van der Waals surface area (Å²) in [4.78, 5) is 16.6. The smallest absolute Gasteiger partial charge is 0.312 e. The van der Waals surface area contributed by atoms with E-state index in [1.807, 2.05) is 79.1 Å². The van der Waals surface area contributed by atoms with Crippen molar-refractivity contribution in [2.45, 2.75) is 35.8 Å². The van der Waals surface area contributed by atoms with Crippen LogP contribution in [0.2, 0.25) is 0 Å². The lowest BCUT2D eigenvalue weighted by Gasteiger charge is -2.51. The molecule has 5 heteroatoms. The highest BCUT2D eigenvalue weighted by atomic mass is 32.2. The molecule has 1 saturated carbocycles. The lowest BCUT2D eigenvalue weighted by Crippen LogP contribution is -2.56. The second-order valence-corrected chi connectivity index (χ2v) is 10.6. The van der Waals surface area contributed by atoms with Gasteiger partial charge in [0.05, 0.1) is 11.0 Å². The Morgan fingerprint density at radius 3 is 2.26 bits per heavy atom. The molecule has 0 spiro atoms. The standard InChI is InChI=1S/C29H31NO3S/c1-34-24-14-12-23(13-15-24)29(33)17-16-25(22-10-6-3-7-11-22)28(27(31)32)20-30(19-26(28)29)18-21-8-4-2-5-9-21/h2-15,25-26,33H,16-20H2,1H3,(H,31,32). The van der Waals surface area contributed by atoms with Crippen LogP contribution in [0.15, 0.2) is 89.8 Å². The molecule has 2 fully saturated rings. The lowest BCUT2D eigenvalue weighted by atomic mass is 9.53. The summed E-state index contributed by atoms with van der Waals surface area (Å²) in [5.74, 6) is -1.37. The fourth-order valence-corrected chi connectivity index (χ4v) is 6.80. The first-order valence-electron chi connectivity index (χ1n) is 11.9. The molecular weight excluding hydrogens is 442 g/mol. The number of carbonyl (C=O) groups is 1. The molecule has 34 heavy (non-hydrogen) atoms. The predicted molar refractivity (Wildman–Crippen MR) is 136 cm³/mol. The third-order valence-corrected chi connectivity index (χ3v) is 8.74. The van der Waals surface area contributed by atoms with Gasteiger partial charge in [-0.25, -0.2) is 0 Å². The van der Waals surface area contributed by atoms with Crippen LogP contribution in [0.3, 0.4) is 0 Å². The van der Waals surface area contributed by atoms with Crippen LogP contribution in [0.1, 0.15) is 35.4 Å². The van der Waals surface area contributed by atoms with Gasteiger partial charge in [0.25, 0.3) is 0 Å². The van der Waals surface area contributed by atoms with Crippen molar-refractivity contribution in [3.8, 4) is 0 Å². The molecule has 1 aliphatic heterocycles. The number of hydrogen-bond acceptors (Lipinski definition) is 4. The van der Waals surface area contributed by atoms with E-state index in [1.54, 1.807) is 11.8 Å². The summed E-state index contributed by atoms with van der Waals surface area (Å²) in [6.45, 7) is 1.65. The van der Waals surface area contributed by atoms with Gasteiger partial charge in [-0.3, -0.25) is 9.69 Å². The SMILES string of the molecule is CSc1ccc(C2(O)CCC(c3ccccc3)C3(C(=O)O)CN(Cc4ccccc4)CC23)cc1. The maximum atomic E-state index is 13.2. The normalized spacial score (nSPS) is 29.0. The van der Waals surface area contributed by atoms with Crippen molar-refractivity contribution >= 4 is 17.7 Å². The number of hydrogen-bond donors (Lipinski definition) is 2. The van der Waals surface area contributed by atoms with Crippen molar-refractivity contribution in [2.75, 3.05) is 19.3 Å². The predicted octanol–water partition coefficient (Wildman–Crippen LogP) is 5.38. The van der Waals surface area contributed by atoms with Crippen LogP contribution in [0.25, 0.3) is 0 Å². The maximum Gasteiger partial charge on any atom is 0.312 e. The minimum Gasteiger partial charge on any atom is -0.481 e. The largest absolute Gasteiger partial charge is 0.481 e. The fraction of sp³-hybridized carbons (Fsp3) is 0.345. The molecule has 3 aromatic rings. The number of likely N-dealkylation sites (tertiary alicyclic amines) is 1. The Bertz CT molecular complexity index is 1140. The number of benzene rings is 3. The van der Waals surface area contributed by atoms with Crippen LogP contribution >= 0.6 is 11.8 Å². The molecule has 3 aromatic carbocycles. The van der Waals surface area contributed by atoms with Gasteiger partial charge in [-0.05, 0) is 47.9 Å². The fourth-order valence-electron chi connectivity index (χ4n) is 6.39. The number of carboxylic acids is 1. The third kappa shape index (κ3) is 3.86. The van der Waals surface area contributed by atoms with Crippen LogP contribution < -0.4 is 0 Å².